The summed E-state index contributed by atoms with van der Waals surface area (Å²) < 4.78 is 0. The molecule has 0 saturated carbocycles. The first-order valence-electron chi connectivity index (χ1n) is 5.50. The summed E-state index contributed by atoms with van der Waals surface area (Å²) in [5, 5.41) is 18.2. The second-order valence-corrected chi connectivity index (χ2v) is 4.80. The van der Waals surface area contributed by atoms with E-state index in [1.165, 1.54) is 5.56 Å². The van der Waals surface area contributed by atoms with E-state index >= 15 is 0 Å². The second kappa shape index (κ2) is 5.43. The van der Waals surface area contributed by atoms with Crippen LogP contribution in [0.5, 0.6) is 0 Å². The fourth-order valence-corrected chi connectivity index (χ4v) is 1.36. The van der Waals surface area contributed by atoms with Crippen LogP contribution in [-0.2, 0) is 13.2 Å². The fourth-order valence-electron chi connectivity index (χ4n) is 1.36. The molecule has 0 fully saturated rings. The number of likely N-dealkylation sites (N-methyl/N-ethyl adjacent to an activating group) is 1. The van der Waals surface area contributed by atoms with Crippen LogP contribution in [0.1, 0.15) is 25.0 Å². The molecule has 0 bridgehead atoms. The molecule has 0 amide bonds. The van der Waals surface area contributed by atoms with E-state index in [9.17, 15) is 5.11 Å². The zero-order valence-electron chi connectivity index (χ0n) is 10.3. The van der Waals surface area contributed by atoms with Gasteiger partial charge in [0.05, 0.1) is 13.2 Å². The molecule has 0 atom stereocenters. The monoisotopic (exact) mass is 223 g/mol. The Bertz CT molecular complexity index is 319. The van der Waals surface area contributed by atoms with Crippen LogP contribution in [0.3, 0.4) is 0 Å². The molecule has 0 aliphatic heterocycles. The van der Waals surface area contributed by atoms with Crippen molar-refractivity contribution in [3.63, 3.8) is 0 Å². The Kier molecular flexibility index (Phi) is 4.47. The average molecular weight is 223 g/mol. The van der Waals surface area contributed by atoms with Crippen LogP contribution in [0.4, 0.5) is 0 Å². The predicted octanol–water partition coefficient (Wildman–Crippen LogP) is 1.38. The third kappa shape index (κ3) is 3.30. The third-order valence-electron chi connectivity index (χ3n) is 3.05. The summed E-state index contributed by atoms with van der Waals surface area (Å²) in [6.45, 7) is 5.03. The Labute approximate surface area is 97.3 Å². The Hall–Kier alpha value is -0.900. The molecule has 0 radical (unpaired) electrons. The average Bonchev–Trinajstić information content (AvgIpc) is 2.30. The maximum atomic E-state index is 9.25. The first kappa shape index (κ1) is 13.2. The first-order valence-corrected chi connectivity index (χ1v) is 5.50. The zero-order chi connectivity index (χ0) is 12.2. The second-order valence-electron chi connectivity index (χ2n) is 4.80. The molecule has 0 heterocycles. The number of nitrogens with zero attached hydrogens (tertiary/aromatic N) is 1. The molecular formula is C13H21NO2. The summed E-state index contributed by atoms with van der Waals surface area (Å²) in [5.74, 6) is 0. The molecule has 2 N–H and O–H groups in total. The van der Waals surface area contributed by atoms with Crippen molar-refractivity contribution in [2.45, 2.75) is 32.5 Å². The van der Waals surface area contributed by atoms with E-state index in [1.54, 1.807) is 0 Å². The van der Waals surface area contributed by atoms with Gasteiger partial charge in [-0.3, -0.25) is 4.90 Å². The van der Waals surface area contributed by atoms with Crippen LogP contribution < -0.4 is 0 Å². The number of hydrogen-bond donors (Lipinski definition) is 2. The van der Waals surface area contributed by atoms with Gasteiger partial charge < -0.3 is 10.2 Å². The Morgan fingerprint density at radius 1 is 1.06 bits per heavy atom. The van der Waals surface area contributed by atoms with E-state index in [-0.39, 0.29) is 18.8 Å². The highest BCUT2D eigenvalue weighted by molar-refractivity contribution is 5.22. The van der Waals surface area contributed by atoms with Gasteiger partial charge in [-0.2, -0.15) is 0 Å². The van der Waals surface area contributed by atoms with Gasteiger partial charge in [-0.1, -0.05) is 24.3 Å². The minimum atomic E-state index is -0.213. The van der Waals surface area contributed by atoms with Crippen molar-refractivity contribution in [2.75, 3.05) is 13.7 Å². The quantitative estimate of drug-likeness (QED) is 0.792. The van der Waals surface area contributed by atoms with Crippen LogP contribution in [0.25, 0.3) is 0 Å². The van der Waals surface area contributed by atoms with Gasteiger partial charge in [0.1, 0.15) is 0 Å². The lowest BCUT2D eigenvalue weighted by atomic mass is 10.0. The van der Waals surface area contributed by atoms with Crippen LogP contribution in [0.2, 0.25) is 0 Å². The van der Waals surface area contributed by atoms with E-state index in [0.29, 0.717) is 0 Å². The van der Waals surface area contributed by atoms with E-state index in [0.717, 1.165) is 12.1 Å². The topological polar surface area (TPSA) is 43.7 Å². The molecule has 3 nitrogen and oxygen atoms in total. The predicted molar refractivity (Wildman–Crippen MR) is 65.0 cm³/mol. The molecule has 0 unspecified atom stereocenters. The van der Waals surface area contributed by atoms with Crippen molar-refractivity contribution in [3.8, 4) is 0 Å². The van der Waals surface area contributed by atoms with Gasteiger partial charge in [0, 0.05) is 12.1 Å². The Balaban J connectivity index is 2.66. The highest BCUT2D eigenvalue weighted by Gasteiger charge is 2.22. The lowest BCUT2D eigenvalue weighted by molar-refractivity contribution is 0.0734. The van der Waals surface area contributed by atoms with Gasteiger partial charge in [-0.15, -0.1) is 0 Å². The lowest BCUT2D eigenvalue weighted by Crippen LogP contribution is -2.43. The standard InChI is InChI=1S/C13H21NO2/c1-13(2,10-16)14(3)8-11-4-6-12(9-15)7-5-11/h4-7,15-16H,8-10H2,1-3H3. The molecule has 16 heavy (non-hydrogen) atoms. The van der Waals surface area contributed by atoms with E-state index < -0.39 is 0 Å². The molecular weight excluding hydrogens is 202 g/mol. The maximum Gasteiger partial charge on any atom is 0.0681 e. The normalized spacial score (nSPS) is 12.1. The molecule has 1 aromatic carbocycles. The van der Waals surface area contributed by atoms with Crippen molar-refractivity contribution in [1.29, 1.82) is 0 Å². The molecule has 1 aromatic rings. The largest absolute Gasteiger partial charge is 0.394 e. The highest BCUT2D eigenvalue weighted by atomic mass is 16.3. The van der Waals surface area contributed by atoms with Crippen LogP contribution in [0, 0.1) is 0 Å². The van der Waals surface area contributed by atoms with Crippen LogP contribution >= 0.6 is 0 Å². The summed E-state index contributed by atoms with van der Waals surface area (Å²) in [4.78, 5) is 2.11. The maximum absolute atomic E-state index is 9.25. The number of aliphatic hydroxyl groups excluding tert-OH is 2. The van der Waals surface area contributed by atoms with Crippen molar-refractivity contribution >= 4 is 0 Å². The van der Waals surface area contributed by atoms with Crippen LogP contribution in [-0.4, -0.2) is 34.3 Å². The van der Waals surface area contributed by atoms with Crippen LogP contribution in [0.15, 0.2) is 24.3 Å². The SMILES string of the molecule is CN(Cc1ccc(CO)cc1)C(C)(C)CO. The van der Waals surface area contributed by atoms with E-state index in [1.807, 2.05) is 45.2 Å². The number of benzene rings is 1. The number of aliphatic hydroxyl groups is 2. The molecule has 3 heteroatoms. The summed E-state index contributed by atoms with van der Waals surface area (Å²) in [6.07, 6.45) is 0. The summed E-state index contributed by atoms with van der Waals surface area (Å²) in [5.41, 5.74) is 1.89. The lowest BCUT2D eigenvalue weighted by Gasteiger charge is -2.33. The molecule has 0 aliphatic rings. The Morgan fingerprint density at radius 2 is 1.56 bits per heavy atom. The molecule has 0 saturated heterocycles. The number of rotatable bonds is 5. The van der Waals surface area contributed by atoms with Crippen molar-refractivity contribution in [3.05, 3.63) is 35.4 Å². The summed E-state index contributed by atoms with van der Waals surface area (Å²) in [6, 6.07) is 7.87. The van der Waals surface area contributed by atoms with Crippen molar-refractivity contribution < 1.29 is 10.2 Å². The molecule has 0 aliphatic carbocycles. The molecule has 0 spiro atoms. The molecule has 90 valence electrons. The van der Waals surface area contributed by atoms with Gasteiger partial charge in [0.15, 0.2) is 0 Å². The van der Waals surface area contributed by atoms with Gasteiger partial charge >= 0.3 is 0 Å². The van der Waals surface area contributed by atoms with Gasteiger partial charge in [0.2, 0.25) is 0 Å². The number of hydrogen-bond acceptors (Lipinski definition) is 3. The summed E-state index contributed by atoms with van der Waals surface area (Å²) in [7, 11) is 2.00. The molecule has 0 aromatic heterocycles. The zero-order valence-corrected chi connectivity index (χ0v) is 10.3. The minimum absolute atomic E-state index is 0.0816. The van der Waals surface area contributed by atoms with Gasteiger partial charge in [-0.25, -0.2) is 0 Å². The summed E-state index contributed by atoms with van der Waals surface area (Å²) >= 11 is 0. The fraction of sp³-hybridized carbons (Fsp3) is 0.538. The first-order chi connectivity index (χ1) is 7.49. The van der Waals surface area contributed by atoms with Crippen molar-refractivity contribution in [1.82, 2.24) is 4.90 Å². The van der Waals surface area contributed by atoms with E-state index in [2.05, 4.69) is 4.90 Å². The molecule has 1 rings (SSSR count). The third-order valence-corrected chi connectivity index (χ3v) is 3.05. The minimum Gasteiger partial charge on any atom is -0.394 e. The van der Waals surface area contributed by atoms with Crippen molar-refractivity contribution in [2.24, 2.45) is 0 Å². The van der Waals surface area contributed by atoms with E-state index in [4.69, 9.17) is 5.11 Å². The Morgan fingerprint density at radius 3 is 2.00 bits per heavy atom. The van der Waals surface area contributed by atoms with Gasteiger partial charge in [0.25, 0.3) is 0 Å². The smallest absolute Gasteiger partial charge is 0.0681 e. The highest BCUT2D eigenvalue weighted by Crippen LogP contribution is 2.15. The van der Waals surface area contributed by atoms with Gasteiger partial charge in [-0.05, 0) is 32.0 Å².